The van der Waals surface area contributed by atoms with E-state index in [-0.39, 0.29) is 30.3 Å². The van der Waals surface area contributed by atoms with E-state index in [4.69, 9.17) is 9.84 Å². The Kier molecular flexibility index (Phi) is 10.7. The summed E-state index contributed by atoms with van der Waals surface area (Å²) in [5.74, 6) is 0.327. The molecule has 2 aromatic heterocycles. The molecule has 0 aliphatic carbocycles. The number of nitrogens with zero attached hydrogens (tertiary/aromatic N) is 7. The van der Waals surface area contributed by atoms with Crippen molar-refractivity contribution in [2.24, 2.45) is 4.99 Å². The molecule has 4 rings (SSSR count). The summed E-state index contributed by atoms with van der Waals surface area (Å²) in [6.07, 6.45) is 6.57. The number of hydrogen-bond donors (Lipinski definition) is 2. The van der Waals surface area contributed by atoms with Crippen LogP contribution < -0.4 is 4.74 Å². The van der Waals surface area contributed by atoms with E-state index in [0.717, 1.165) is 56.7 Å². The van der Waals surface area contributed by atoms with Gasteiger partial charge in [-0.2, -0.15) is 4.98 Å². The van der Waals surface area contributed by atoms with Gasteiger partial charge in [0.05, 0.1) is 31.6 Å². The largest absolute Gasteiger partial charge is 0.515 e. The first-order valence-corrected chi connectivity index (χ1v) is 13.9. The summed E-state index contributed by atoms with van der Waals surface area (Å²) in [7, 11) is 0. The van der Waals surface area contributed by atoms with Crippen molar-refractivity contribution in [3.05, 3.63) is 54.3 Å². The number of Topliss-reactive ketones (excluding diaryl/α,β-unsaturated/α-hetero) is 1. The number of carbonyl (C=O) groups is 1. The summed E-state index contributed by atoms with van der Waals surface area (Å²) >= 11 is 0. The lowest BCUT2D eigenvalue weighted by Gasteiger charge is -2.33. The summed E-state index contributed by atoms with van der Waals surface area (Å²) in [4.78, 5) is 35.0. The van der Waals surface area contributed by atoms with E-state index in [2.05, 4.69) is 36.7 Å². The van der Waals surface area contributed by atoms with Gasteiger partial charge in [0.2, 0.25) is 5.88 Å². The van der Waals surface area contributed by atoms with Crippen LogP contribution in [0.4, 0.5) is 0 Å². The number of β-amino-alcohol motifs (C(OH)–C–C–N with tert-alkyl or cyclic N) is 1. The van der Waals surface area contributed by atoms with Crippen LogP contribution in [0.15, 0.2) is 53.7 Å². The van der Waals surface area contributed by atoms with E-state index in [0.29, 0.717) is 36.7 Å². The number of ketones is 1. The molecule has 1 fully saturated rings. The van der Waals surface area contributed by atoms with Crippen molar-refractivity contribution >= 4 is 23.2 Å². The van der Waals surface area contributed by atoms with Gasteiger partial charge in [-0.25, -0.2) is 9.97 Å². The molecule has 11 nitrogen and oxygen atoms in total. The second kappa shape index (κ2) is 14.6. The van der Waals surface area contributed by atoms with Crippen molar-refractivity contribution in [3.8, 4) is 11.6 Å². The van der Waals surface area contributed by atoms with Crippen LogP contribution in [0.1, 0.15) is 38.2 Å². The molecule has 1 unspecified atom stereocenters. The Labute approximate surface area is 234 Å². The number of aliphatic hydroxyl groups is 2. The van der Waals surface area contributed by atoms with Crippen LogP contribution in [0.3, 0.4) is 0 Å². The number of aliphatic imine (C=N–C) groups is 1. The first-order valence-electron chi connectivity index (χ1n) is 13.9. The number of piperazine rings is 1. The molecule has 0 radical (unpaired) electrons. The summed E-state index contributed by atoms with van der Waals surface area (Å²) in [5, 5.41) is 18.8. The van der Waals surface area contributed by atoms with E-state index in [1.807, 2.05) is 35.8 Å². The van der Waals surface area contributed by atoms with Crippen LogP contribution in [0.2, 0.25) is 0 Å². The van der Waals surface area contributed by atoms with Gasteiger partial charge in [-0.3, -0.25) is 24.2 Å². The van der Waals surface area contributed by atoms with Gasteiger partial charge in [0.15, 0.2) is 16.9 Å². The predicted molar refractivity (Wildman–Crippen MR) is 155 cm³/mol. The number of ether oxygens (including phenoxy) is 1. The molecule has 1 aliphatic heterocycles. The minimum atomic E-state index is -0.138. The van der Waals surface area contributed by atoms with E-state index in [1.165, 1.54) is 12.5 Å². The fraction of sp³-hybridized carbons (Fsp3) is 0.483. The average Bonchev–Trinajstić information content (AvgIpc) is 3.42. The zero-order valence-electron chi connectivity index (χ0n) is 23.3. The normalized spacial score (nSPS) is 16.1. The van der Waals surface area contributed by atoms with Crippen LogP contribution >= 0.6 is 0 Å². The highest BCUT2D eigenvalue weighted by Crippen LogP contribution is 2.27. The Morgan fingerprint density at radius 1 is 1.07 bits per heavy atom. The van der Waals surface area contributed by atoms with Crippen LogP contribution in [-0.4, -0.2) is 111 Å². The first-order chi connectivity index (χ1) is 19.6. The monoisotopic (exact) mass is 549 g/mol. The first kappa shape index (κ1) is 29.3. The fourth-order valence-corrected chi connectivity index (χ4v) is 4.91. The average molecular weight is 550 g/mol. The lowest BCUT2D eigenvalue weighted by Crippen LogP contribution is -2.47. The molecule has 214 valence electrons. The number of carbonyl (C=O) groups excluding carboxylic acids is 1. The zero-order valence-corrected chi connectivity index (χ0v) is 23.3. The Morgan fingerprint density at radius 2 is 1.80 bits per heavy atom. The maximum atomic E-state index is 13.0. The van der Waals surface area contributed by atoms with E-state index < -0.39 is 0 Å². The molecule has 0 bridgehead atoms. The lowest BCUT2D eigenvalue weighted by molar-refractivity contribution is -0.115. The molecule has 1 aromatic carbocycles. The maximum Gasteiger partial charge on any atom is 0.245 e. The molecule has 3 aromatic rings. The van der Waals surface area contributed by atoms with E-state index >= 15 is 0 Å². The van der Waals surface area contributed by atoms with Crippen molar-refractivity contribution in [3.63, 3.8) is 0 Å². The van der Waals surface area contributed by atoms with Crippen LogP contribution in [-0.2, 0) is 4.79 Å². The number of aromatic nitrogens is 4. The molecule has 1 saturated heterocycles. The van der Waals surface area contributed by atoms with Gasteiger partial charge in [-0.15, -0.1) is 0 Å². The zero-order chi connectivity index (χ0) is 28.3. The third-order valence-electron chi connectivity index (χ3n) is 7.27. The Morgan fingerprint density at radius 3 is 2.45 bits per heavy atom. The third kappa shape index (κ3) is 7.29. The summed E-state index contributed by atoms with van der Waals surface area (Å²) in [6, 6.07) is 8.01. The van der Waals surface area contributed by atoms with Crippen LogP contribution in [0, 0.1) is 0 Å². The van der Waals surface area contributed by atoms with Crippen molar-refractivity contribution in [2.75, 3.05) is 59.0 Å². The number of fused-ring (bicyclic) bond motifs is 1. The van der Waals surface area contributed by atoms with E-state index in [1.54, 1.807) is 6.33 Å². The van der Waals surface area contributed by atoms with Crippen molar-refractivity contribution in [1.82, 2.24) is 29.3 Å². The van der Waals surface area contributed by atoms with Gasteiger partial charge in [-0.1, -0.05) is 19.1 Å². The molecular weight excluding hydrogens is 510 g/mol. The molecule has 1 aliphatic rings. The molecule has 0 saturated carbocycles. The van der Waals surface area contributed by atoms with Gasteiger partial charge in [0.25, 0.3) is 0 Å². The number of aliphatic hydroxyl groups excluding tert-OH is 2. The number of imidazole rings is 1. The van der Waals surface area contributed by atoms with Gasteiger partial charge in [0.1, 0.15) is 12.7 Å². The van der Waals surface area contributed by atoms with Crippen LogP contribution in [0.5, 0.6) is 5.88 Å². The SMILES string of the molecule is CCOc1ncnc2c1ncn2-c1ccc(C(CC)CC(=O)C(C=NCCN2CCN(CCO)CC2)=CO)cc1. The topological polar surface area (TPSA) is 129 Å². The molecule has 1 atom stereocenters. The van der Waals surface area contributed by atoms with Crippen LogP contribution in [0.25, 0.3) is 16.9 Å². The Bertz CT molecular complexity index is 1300. The molecule has 3 heterocycles. The minimum absolute atomic E-state index is 0.00605. The van der Waals surface area contributed by atoms with Gasteiger partial charge >= 0.3 is 0 Å². The highest BCUT2D eigenvalue weighted by Gasteiger charge is 2.19. The summed E-state index contributed by atoms with van der Waals surface area (Å²) in [6.45, 7) is 10.5. The van der Waals surface area contributed by atoms with Crippen molar-refractivity contribution in [2.45, 2.75) is 32.6 Å². The number of benzene rings is 1. The predicted octanol–water partition coefficient (Wildman–Crippen LogP) is 2.79. The molecule has 2 N–H and O–H groups in total. The van der Waals surface area contributed by atoms with Crippen molar-refractivity contribution in [1.29, 1.82) is 0 Å². The van der Waals surface area contributed by atoms with Crippen molar-refractivity contribution < 1.29 is 19.7 Å². The van der Waals surface area contributed by atoms with E-state index in [9.17, 15) is 9.90 Å². The highest BCUT2D eigenvalue weighted by molar-refractivity contribution is 6.13. The quantitative estimate of drug-likeness (QED) is 0.177. The maximum absolute atomic E-state index is 13.0. The molecular formula is C29H39N7O4. The Hall–Kier alpha value is -3.67. The molecule has 0 amide bonds. The summed E-state index contributed by atoms with van der Waals surface area (Å²) in [5.41, 5.74) is 3.43. The van der Waals surface area contributed by atoms with Gasteiger partial charge in [-0.05, 0) is 37.0 Å². The lowest BCUT2D eigenvalue weighted by atomic mass is 9.89. The fourth-order valence-electron chi connectivity index (χ4n) is 4.91. The Balaban J connectivity index is 1.33. The summed E-state index contributed by atoms with van der Waals surface area (Å²) < 4.78 is 7.45. The molecule has 0 spiro atoms. The minimum Gasteiger partial charge on any atom is -0.515 e. The number of rotatable bonds is 14. The number of hydrogen-bond acceptors (Lipinski definition) is 10. The second-order valence-corrected chi connectivity index (χ2v) is 9.75. The highest BCUT2D eigenvalue weighted by atomic mass is 16.5. The molecule has 11 heteroatoms. The smallest absolute Gasteiger partial charge is 0.245 e. The standard InChI is InChI=1S/C29H39N7O4/c1-3-22(17-26(39)24(19-38)18-30-9-10-34-11-13-35(14-12-34)15-16-37)23-5-7-25(8-6-23)36-21-33-27-28(36)31-20-32-29(27)40-4-2/h5-8,18-22,37-38H,3-4,9-17H2,1-2H3. The number of allylic oxidation sites excluding steroid dienone is 1. The van der Waals surface area contributed by atoms with Gasteiger partial charge < -0.3 is 14.9 Å². The third-order valence-corrected chi connectivity index (χ3v) is 7.27. The second-order valence-electron chi connectivity index (χ2n) is 9.75. The molecule has 40 heavy (non-hydrogen) atoms. The van der Waals surface area contributed by atoms with Gasteiger partial charge in [0, 0.05) is 57.6 Å².